The summed E-state index contributed by atoms with van der Waals surface area (Å²) < 4.78 is 5.82. The molecule has 2 rings (SSSR count). The van der Waals surface area contributed by atoms with Gasteiger partial charge in [-0.1, -0.05) is 20.8 Å². The highest BCUT2D eigenvalue weighted by Crippen LogP contribution is 2.61. The van der Waals surface area contributed by atoms with E-state index in [2.05, 4.69) is 20.8 Å². The highest BCUT2D eigenvalue weighted by Gasteiger charge is 2.61. The van der Waals surface area contributed by atoms with Crippen LogP contribution in [-0.4, -0.2) is 36.6 Å². The molecule has 0 bridgehead atoms. The van der Waals surface area contributed by atoms with E-state index in [1.165, 1.54) is 0 Å². The molecule has 1 saturated carbocycles. The molecule has 98 valence electrons. The lowest BCUT2D eigenvalue weighted by Crippen LogP contribution is -2.61. The smallest absolute Gasteiger partial charge is 0.219 e. The lowest BCUT2D eigenvalue weighted by molar-refractivity contribution is -0.204. The molecule has 0 radical (unpaired) electrons. The first-order valence-corrected chi connectivity index (χ1v) is 6.54. The number of ether oxygens (including phenoxy) is 1. The van der Waals surface area contributed by atoms with Gasteiger partial charge in [-0.2, -0.15) is 0 Å². The molecular formula is C14H25NO2. The molecule has 0 aromatic rings. The SMILES string of the molecule is COC1(C(C)(C)C)CC2(CCN(C(C)=O)C2)C1. The van der Waals surface area contributed by atoms with E-state index in [4.69, 9.17) is 4.74 Å². The summed E-state index contributed by atoms with van der Waals surface area (Å²) in [5.74, 6) is 0.215. The number of carbonyl (C=O) groups excluding carboxylic acids is 1. The number of methoxy groups -OCH3 is 1. The largest absolute Gasteiger partial charge is 0.378 e. The highest BCUT2D eigenvalue weighted by molar-refractivity contribution is 5.73. The Morgan fingerprint density at radius 2 is 1.88 bits per heavy atom. The zero-order valence-electron chi connectivity index (χ0n) is 11.8. The van der Waals surface area contributed by atoms with Crippen LogP contribution >= 0.6 is 0 Å². The van der Waals surface area contributed by atoms with E-state index in [0.717, 1.165) is 32.4 Å². The van der Waals surface area contributed by atoms with Crippen molar-refractivity contribution in [2.75, 3.05) is 20.2 Å². The predicted molar refractivity (Wildman–Crippen MR) is 67.7 cm³/mol. The summed E-state index contributed by atoms with van der Waals surface area (Å²) in [5.41, 5.74) is 0.533. The minimum Gasteiger partial charge on any atom is -0.378 e. The molecule has 0 N–H and O–H groups in total. The number of hydrogen-bond acceptors (Lipinski definition) is 2. The van der Waals surface area contributed by atoms with Gasteiger partial charge >= 0.3 is 0 Å². The molecule has 0 aromatic heterocycles. The fourth-order valence-corrected chi connectivity index (χ4v) is 3.63. The topological polar surface area (TPSA) is 29.5 Å². The van der Waals surface area contributed by atoms with Crippen molar-refractivity contribution in [2.45, 2.75) is 52.6 Å². The third-order valence-corrected chi connectivity index (χ3v) is 4.96. The van der Waals surface area contributed by atoms with Gasteiger partial charge in [-0.25, -0.2) is 0 Å². The monoisotopic (exact) mass is 239 g/mol. The first-order valence-electron chi connectivity index (χ1n) is 6.54. The van der Waals surface area contributed by atoms with Crippen LogP contribution in [0.25, 0.3) is 0 Å². The number of hydrogen-bond donors (Lipinski definition) is 0. The Hall–Kier alpha value is -0.570. The maximum atomic E-state index is 11.4. The van der Waals surface area contributed by atoms with Crippen molar-refractivity contribution >= 4 is 5.91 Å². The van der Waals surface area contributed by atoms with E-state index in [1.807, 2.05) is 12.0 Å². The number of amides is 1. The molecule has 1 aliphatic carbocycles. The minimum atomic E-state index is 0.0137. The van der Waals surface area contributed by atoms with Crippen LogP contribution in [0.3, 0.4) is 0 Å². The van der Waals surface area contributed by atoms with Crippen LogP contribution in [0.5, 0.6) is 0 Å². The van der Waals surface area contributed by atoms with E-state index < -0.39 is 0 Å². The quantitative estimate of drug-likeness (QED) is 0.703. The van der Waals surface area contributed by atoms with Gasteiger partial charge < -0.3 is 9.64 Å². The van der Waals surface area contributed by atoms with Crippen LogP contribution in [0, 0.1) is 10.8 Å². The zero-order chi connectivity index (χ0) is 12.9. The molecule has 1 amide bonds. The van der Waals surface area contributed by atoms with Crippen molar-refractivity contribution in [1.29, 1.82) is 0 Å². The van der Waals surface area contributed by atoms with Gasteiger partial charge in [0, 0.05) is 27.1 Å². The van der Waals surface area contributed by atoms with Gasteiger partial charge in [0.05, 0.1) is 5.60 Å². The predicted octanol–water partition coefficient (Wildman–Crippen LogP) is 2.45. The lowest BCUT2D eigenvalue weighted by Gasteiger charge is -2.60. The Morgan fingerprint density at radius 1 is 1.29 bits per heavy atom. The van der Waals surface area contributed by atoms with Gasteiger partial charge in [-0.15, -0.1) is 0 Å². The summed E-state index contributed by atoms with van der Waals surface area (Å²) in [6.07, 6.45) is 3.35. The second-order valence-corrected chi connectivity index (χ2v) is 6.99. The molecule has 3 nitrogen and oxygen atoms in total. The van der Waals surface area contributed by atoms with Crippen molar-refractivity contribution in [2.24, 2.45) is 10.8 Å². The Labute approximate surface area is 105 Å². The van der Waals surface area contributed by atoms with Crippen LogP contribution in [0.1, 0.15) is 47.0 Å². The maximum Gasteiger partial charge on any atom is 0.219 e. The van der Waals surface area contributed by atoms with Crippen LogP contribution in [0.2, 0.25) is 0 Å². The molecule has 1 spiro atoms. The summed E-state index contributed by atoms with van der Waals surface area (Å²) in [7, 11) is 1.83. The second-order valence-electron chi connectivity index (χ2n) is 6.99. The Balaban J connectivity index is 2.05. The van der Waals surface area contributed by atoms with Crippen LogP contribution in [0.15, 0.2) is 0 Å². The van der Waals surface area contributed by atoms with Crippen molar-refractivity contribution in [1.82, 2.24) is 4.90 Å². The summed E-state index contributed by atoms with van der Waals surface area (Å²) >= 11 is 0. The molecule has 2 aliphatic rings. The fourth-order valence-electron chi connectivity index (χ4n) is 3.63. The van der Waals surface area contributed by atoms with Gasteiger partial charge in [-0.05, 0) is 30.1 Å². The van der Waals surface area contributed by atoms with E-state index in [1.54, 1.807) is 6.92 Å². The van der Waals surface area contributed by atoms with Crippen molar-refractivity contribution < 1.29 is 9.53 Å². The van der Waals surface area contributed by atoms with Crippen LogP contribution in [0.4, 0.5) is 0 Å². The van der Waals surface area contributed by atoms with E-state index in [0.29, 0.717) is 5.41 Å². The van der Waals surface area contributed by atoms with Gasteiger partial charge in [0.25, 0.3) is 0 Å². The number of likely N-dealkylation sites (tertiary alicyclic amines) is 1. The maximum absolute atomic E-state index is 11.4. The number of carbonyl (C=O) groups is 1. The van der Waals surface area contributed by atoms with E-state index >= 15 is 0 Å². The zero-order valence-corrected chi connectivity index (χ0v) is 11.8. The van der Waals surface area contributed by atoms with Crippen molar-refractivity contribution in [3.05, 3.63) is 0 Å². The molecule has 1 saturated heterocycles. The summed E-state index contributed by atoms with van der Waals surface area (Å²) in [6.45, 7) is 10.3. The average Bonchev–Trinajstić information content (AvgIpc) is 2.57. The van der Waals surface area contributed by atoms with Gasteiger partial charge in [0.15, 0.2) is 0 Å². The van der Waals surface area contributed by atoms with Gasteiger partial charge in [-0.3, -0.25) is 4.79 Å². The standard InChI is InChI=1S/C14H25NO2/c1-11(16)15-7-6-13(10-15)8-14(9-13,17-5)12(2,3)4/h6-10H2,1-5H3. The molecule has 2 fully saturated rings. The summed E-state index contributed by atoms with van der Waals surface area (Å²) in [6, 6.07) is 0. The Morgan fingerprint density at radius 3 is 2.24 bits per heavy atom. The molecule has 0 aromatic carbocycles. The summed E-state index contributed by atoms with van der Waals surface area (Å²) in [5, 5.41) is 0. The molecule has 1 aliphatic heterocycles. The Bertz CT molecular complexity index is 324. The normalized spacial score (nSPS) is 37.4. The third-order valence-electron chi connectivity index (χ3n) is 4.96. The molecular weight excluding hydrogens is 214 g/mol. The first-order chi connectivity index (χ1) is 7.74. The second kappa shape index (κ2) is 3.71. The van der Waals surface area contributed by atoms with Crippen molar-refractivity contribution in [3.63, 3.8) is 0 Å². The first kappa shape index (κ1) is 12.9. The molecule has 0 atom stereocenters. The van der Waals surface area contributed by atoms with E-state index in [9.17, 15) is 4.79 Å². The third kappa shape index (κ3) is 1.88. The minimum absolute atomic E-state index is 0.0137. The number of nitrogens with zero attached hydrogens (tertiary/aromatic N) is 1. The van der Waals surface area contributed by atoms with Gasteiger partial charge in [0.2, 0.25) is 5.91 Å². The van der Waals surface area contributed by atoms with Crippen LogP contribution < -0.4 is 0 Å². The molecule has 3 heteroatoms. The highest BCUT2D eigenvalue weighted by atomic mass is 16.5. The van der Waals surface area contributed by atoms with Gasteiger partial charge in [0.1, 0.15) is 0 Å². The Kier molecular flexibility index (Phi) is 2.81. The average molecular weight is 239 g/mol. The van der Waals surface area contributed by atoms with Crippen molar-refractivity contribution in [3.8, 4) is 0 Å². The van der Waals surface area contributed by atoms with E-state index in [-0.39, 0.29) is 16.9 Å². The van der Waals surface area contributed by atoms with Crippen LogP contribution in [-0.2, 0) is 9.53 Å². The fraction of sp³-hybridized carbons (Fsp3) is 0.929. The molecule has 1 heterocycles. The number of rotatable bonds is 1. The summed E-state index contributed by atoms with van der Waals surface area (Å²) in [4.78, 5) is 13.4. The molecule has 0 unspecified atom stereocenters. The lowest BCUT2D eigenvalue weighted by atomic mass is 9.51. The molecule has 17 heavy (non-hydrogen) atoms.